The van der Waals surface area contributed by atoms with E-state index in [2.05, 4.69) is 64.1 Å². The van der Waals surface area contributed by atoms with Gasteiger partial charge < -0.3 is 15.0 Å². The van der Waals surface area contributed by atoms with Crippen LogP contribution in [0.4, 0.5) is 5.69 Å². The van der Waals surface area contributed by atoms with Gasteiger partial charge in [-0.2, -0.15) is 0 Å². The van der Waals surface area contributed by atoms with Crippen molar-refractivity contribution in [1.82, 2.24) is 9.55 Å². The number of nitrogens with zero attached hydrogens (tertiary/aromatic N) is 2. The van der Waals surface area contributed by atoms with Crippen LogP contribution in [0, 0.1) is 0 Å². The molecular weight excluding hydrogens is 358 g/mol. The second-order valence-corrected chi connectivity index (χ2v) is 7.46. The Morgan fingerprint density at radius 1 is 0.897 bits per heavy atom. The highest BCUT2D eigenvalue weighted by Gasteiger charge is 2.11. The maximum absolute atomic E-state index is 6.28. The molecule has 1 unspecified atom stereocenters. The first-order chi connectivity index (χ1) is 14.3. The molecule has 1 atom stereocenters. The van der Waals surface area contributed by atoms with Gasteiger partial charge in [0.15, 0.2) is 0 Å². The molecule has 4 heteroatoms. The third-order valence-electron chi connectivity index (χ3n) is 5.27. The van der Waals surface area contributed by atoms with Crippen molar-refractivity contribution in [2.75, 3.05) is 12.3 Å². The number of fused-ring (bicyclic) bond motifs is 1. The predicted molar refractivity (Wildman–Crippen MR) is 119 cm³/mol. The summed E-state index contributed by atoms with van der Waals surface area (Å²) >= 11 is 0. The Bertz CT molecular complexity index is 1030. The molecule has 0 saturated carbocycles. The highest BCUT2D eigenvalue weighted by molar-refractivity contribution is 5.82. The molecule has 0 amide bonds. The molecule has 0 bridgehead atoms. The fourth-order valence-corrected chi connectivity index (χ4v) is 3.61. The molecule has 4 nitrogen and oxygen atoms in total. The van der Waals surface area contributed by atoms with Gasteiger partial charge in [-0.3, -0.25) is 0 Å². The van der Waals surface area contributed by atoms with Crippen molar-refractivity contribution in [3.8, 4) is 0 Å². The van der Waals surface area contributed by atoms with E-state index in [1.807, 2.05) is 30.9 Å². The molecule has 1 heterocycles. The Labute approximate surface area is 172 Å². The minimum Gasteiger partial charge on any atom is -0.399 e. The number of anilines is 1. The zero-order chi connectivity index (χ0) is 19.9. The maximum atomic E-state index is 6.28. The number of hydrogen-bond donors (Lipinski definition) is 1. The quantitative estimate of drug-likeness (QED) is 0.418. The van der Waals surface area contributed by atoms with Crippen molar-refractivity contribution in [2.24, 2.45) is 0 Å². The molecule has 29 heavy (non-hydrogen) atoms. The van der Waals surface area contributed by atoms with Crippen molar-refractivity contribution >= 4 is 16.5 Å². The van der Waals surface area contributed by atoms with Gasteiger partial charge in [0, 0.05) is 24.6 Å². The normalized spacial score (nSPS) is 12.3. The molecule has 148 valence electrons. The van der Waals surface area contributed by atoms with E-state index in [-0.39, 0.29) is 6.10 Å². The van der Waals surface area contributed by atoms with Crippen LogP contribution in [0.25, 0.3) is 10.8 Å². The summed E-state index contributed by atoms with van der Waals surface area (Å²) in [6.45, 7) is 1.51. The van der Waals surface area contributed by atoms with Gasteiger partial charge in [-0.15, -0.1) is 0 Å². The Kier molecular flexibility index (Phi) is 6.22. The van der Waals surface area contributed by atoms with Crippen LogP contribution in [0.15, 0.2) is 85.5 Å². The summed E-state index contributed by atoms with van der Waals surface area (Å²) in [6, 6.07) is 23.2. The van der Waals surface area contributed by atoms with Crippen molar-refractivity contribution in [3.63, 3.8) is 0 Å². The summed E-state index contributed by atoms with van der Waals surface area (Å²) in [5.74, 6) is 0. The standard InChI is InChI=1S/C25H27N3O/c26-24-10-6-20(7-11-24)13-16-29-25(18-28-15-14-27-19-28)12-8-21-5-9-22-3-1-2-4-23(22)17-21/h1-7,9-11,14-15,17,19,25H,8,12-13,16,18,26H2. The first-order valence-electron chi connectivity index (χ1n) is 10.2. The lowest BCUT2D eigenvalue weighted by molar-refractivity contribution is 0.0379. The molecular formula is C25H27N3O. The first kappa shape index (κ1) is 19.2. The van der Waals surface area contributed by atoms with E-state index in [4.69, 9.17) is 10.5 Å². The minimum absolute atomic E-state index is 0.143. The molecule has 0 fully saturated rings. The van der Waals surface area contributed by atoms with Crippen LogP contribution < -0.4 is 5.73 Å². The third kappa shape index (κ3) is 5.46. The van der Waals surface area contributed by atoms with Crippen LogP contribution in [0.3, 0.4) is 0 Å². The van der Waals surface area contributed by atoms with Crippen LogP contribution in [-0.2, 0) is 24.1 Å². The van der Waals surface area contributed by atoms with Crippen molar-refractivity contribution in [3.05, 3.63) is 96.6 Å². The molecule has 2 N–H and O–H groups in total. The molecule has 0 saturated heterocycles. The lowest BCUT2D eigenvalue weighted by atomic mass is 10.0. The zero-order valence-corrected chi connectivity index (χ0v) is 16.6. The third-order valence-corrected chi connectivity index (χ3v) is 5.27. The topological polar surface area (TPSA) is 53.1 Å². The highest BCUT2D eigenvalue weighted by atomic mass is 16.5. The van der Waals surface area contributed by atoms with Gasteiger partial charge in [-0.05, 0) is 53.3 Å². The fraction of sp³-hybridized carbons (Fsp3) is 0.240. The lowest BCUT2D eigenvalue weighted by Crippen LogP contribution is -2.21. The molecule has 4 rings (SSSR count). The Hall–Kier alpha value is -3.11. The highest BCUT2D eigenvalue weighted by Crippen LogP contribution is 2.18. The predicted octanol–water partition coefficient (Wildman–Crippen LogP) is 4.88. The van der Waals surface area contributed by atoms with Crippen molar-refractivity contribution in [1.29, 1.82) is 0 Å². The molecule has 4 aromatic rings. The van der Waals surface area contributed by atoms with Crippen molar-refractivity contribution < 1.29 is 4.74 Å². The van der Waals surface area contributed by atoms with Gasteiger partial charge in [0.25, 0.3) is 0 Å². The molecule has 0 aliphatic rings. The van der Waals surface area contributed by atoms with Gasteiger partial charge in [0.05, 0.1) is 19.0 Å². The molecule has 1 aromatic heterocycles. The van der Waals surface area contributed by atoms with E-state index in [1.54, 1.807) is 0 Å². The average Bonchev–Trinajstić information content (AvgIpc) is 3.26. The first-order valence-corrected chi connectivity index (χ1v) is 10.2. The average molecular weight is 386 g/mol. The molecule has 0 aliphatic heterocycles. The molecule has 3 aromatic carbocycles. The van der Waals surface area contributed by atoms with Gasteiger partial charge in [0.1, 0.15) is 0 Å². The maximum Gasteiger partial charge on any atom is 0.0946 e. The largest absolute Gasteiger partial charge is 0.399 e. The number of aromatic nitrogens is 2. The Morgan fingerprint density at radius 2 is 1.69 bits per heavy atom. The van der Waals surface area contributed by atoms with Crippen LogP contribution in [-0.4, -0.2) is 22.3 Å². The van der Waals surface area contributed by atoms with Crippen molar-refractivity contribution in [2.45, 2.75) is 31.9 Å². The summed E-state index contributed by atoms with van der Waals surface area (Å²) in [5, 5.41) is 2.58. The summed E-state index contributed by atoms with van der Waals surface area (Å²) in [6.07, 6.45) is 8.65. The van der Waals surface area contributed by atoms with Crippen LogP contribution in [0.5, 0.6) is 0 Å². The number of imidazole rings is 1. The number of aryl methyl sites for hydroxylation is 1. The molecule has 0 aliphatic carbocycles. The minimum atomic E-state index is 0.143. The van der Waals surface area contributed by atoms with Gasteiger partial charge in [0.2, 0.25) is 0 Å². The monoisotopic (exact) mass is 385 g/mol. The number of benzene rings is 3. The number of hydrogen-bond acceptors (Lipinski definition) is 3. The van der Waals surface area contributed by atoms with E-state index >= 15 is 0 Å². The van der Waals surface area contributed by atoms with Gasteiger partial charge >= 0.3 is 0 Å². The second-order valence-electron chi connectivity index (χ2n) is 7.46. The Balaban J connectivity index is 1.37. The smallest absolute Gasteiger partial charge is 0.0946 e. The SMILES string of the molecule is Nc1ccc(CCOC(CCc2ccc3ccccc3c2)Cn2ccnc2)cc1. The summed E-state index contributed by atoms with van der Waals surface area (Å²) in [5.41, 5.74) is 9.16. The van der Waals surface area contributed by atoms with E-state index < -0.39 is 0 Å². The summed E-state index contributed by atoms with van der Waals surface area (Å²) in [4.78, 5) is 4.16. The van der Waals surface area contributed by atoms with Gasteiger partial charge in [-0.25, -0.2) is 4.98 Å². The molecule has 0 radical (unpaired) electrons. The number of nitrogen functional groups attached to an aromatic ring is 1. The van der Waals surface area contributed by atoms with E-state index in [0.29, 0.717) is 6.61 Å². The molecule has 0 spiro atoms. The summed E-state index contributed by atoms with van der Waals surface area (Å²) < 4.78 is 8.37. The number of rotatable bonds is 9. The van der Waals surface area contributed by atoms with E-state index in [1.165, 1.54) is 21.9 Å². The van der Waals surface area contributed by atoms with E-state index in [0.717, 1.165) is 31.5 Å². The Morgan fingerprint density at radius 3 is 2.48 bits per heavy atom. The summed E-state index contributed by atoms with van der Waals surface area (Å²) in [7, 11) is 0. The van der Waals surface area contributed by atoms with Crippen LogP contribution >= 0.6 is 0 Å². The fourth-order valence-electron chi connectivity index (χ4n) is 3.61. The van der Waals surface area contributed by atoms with Crippen LogP contribution in [0.2, 0.25) is 0 Å². The second kappa shape index (κ2) is 9.39. The number of ether oxygens (including phenoxy) is 1. The zero-order valence-electron chi connectivity index (χ0n) is 16.6. The van der Waals surface area contributed by atoms with Crippen LogP contribution in [0.1, 0.15) is 17.5 Å². The van der Waals surface area contributed by atoms with E-state index in [9.17, 15) is 0 Å². The van der Waals surface area contributed by atoms with Gasteiger partial charge in [-0.1, -0.05) is 54.6 Å². The number of nitrogens with two attached hydrogens (primary N) is 1. The lowest BCUT2D eigenvalue weighted by Gasteiger charge is -2.19.